The molecule has 4 aromatic rings. The van der Waals surface area contributed by atoms with Gasteiger partial charge in [0.05, 0.1) is 6.20 Å². The van der Waals surface area contributed by atoms with Crippen molar-refractivity contribution >= 4 is 23.2 Å². The summed E-state index contributed by atoms with van der Waals surface area (Å²) in [5.74, 6) is 0.0136. The summed E-state index contributed by atoms with van der Waals surface area (Å²) in [6.45, 7) is 1.39. The molecule has 7 nitrogen and oxygen atoms in total. The minimum absolute atomic E-state index is 0.171. The predicted molar refractivity (Wildman–Crippen MR) is 109 cm³/mol. The maximum absolute atomic E-state index is 12.5. The summed E-state index contributed by atoms with van der Waals surface area (Å²) in [5, 5.41) is 2.62. The number of carbonyl (C=O) groups excluding carboxylic acids is 1. The van der Waals surface area contributed by atoms with Crippen LogP contribution in [0.5, 0.6) is 5.75 Å². The standard InChI is InChI=1S/C21H16F3N5O2/c1-12(30)27-18-11-29-10-14(5-6-19(29)28-18)15-8-17(20(25)26-9-15)13-3-2-4-16(7-13)31-21(22,23)24/h2-11H,1H3,(H2,25,26)(H,27,30). The Bertz CT molecular complexity index is 1280. The van der Waals surface area contributed by atoms with Crippen LogP contribution < -0.4 is 15.8 Å². The number of rotatable bonds is 4. The number of nitrogen functional groups attached to an aromatic ring is 1. The average Bonchev–Trinajstić information content (AvgIpc) is 3.07. The first-order valence-electron chi connectivity index (χ1n) is 9.06. The third-order valence-electron chi connectivity index (χ3n) is 4.39. The number of fused-ring (bicyclic) bond motifs is 1. The molecule has 4 rings (SSSR count). The number of anilines is 2. The number of alkyl halides is 3. The first-order chi connectivity index (χ1) is 14.7. The SMILES string of the molecule is CC(=O)Nc1cn2cc(-c3cnc(N)c(-c4cccc(OC(F)(F)F)c4)c3)ccc2n1. The van der Waals surface area contributed by atoms with Gasteiger partial charge in [0.25, 0.3) is 0 Å². The van der Waals surface area contributed by atoms with E-state index >= 15 is 0 Å². The molecule has 31 heavy (non-hydrogen) atoms. The highest BCUT2D eigenvalue weighted by Crippen LogP contribution is 2.33. The second-order valence-corrected chi connectivity index (χ2v) is 6.72. The van der Waals surface area contributed by atoms with Crippen molar-refractivity contribution in [2.24, 2.45) is 0 Å². The van der Waals surface area contributed by atoms with E-state index in [1.807, 2.05) is 6.07 Å². The van der Waals surface area contributed by atoms with E-state index in [1.165, 1.54) is 25.1 Å². The molecular weight excluding hydrogens is 411 g/mol. The van der Waals surface area contributed by atoms with E-state index in [1.54, 1.807) is 41.2 Å². The minimum Gasteiger partial charge on any atom is -0.406 e. The highest BCUT2D eigenvalue weighted by atomic mass is 19.4. The van der Waals surface area contributed by atoms with Crippen molar-refractivity contribution in [2.75, 3.05) is 11.1 Å². The van der Waals surface area contributed by atoms with Gasteiger partial charge in [-0.25, -0.2) is 9.97 Å². The first-order valence-corrected chi connectivity index (χ1v) is 9.06. The monoisotopic (exact) mass is 427 g/mol. The molecule has 3 aromatic heterocycles. The van der Waals surface area contributed by atoms with Crippen molar-refractivity contribution in [3.05, 3.63) is 61.1 Å². The molecule has 0 spiro atoms. The smallest absolute Gasteiger partial charge is 0.406 e. The van der Waals surface area contributed by atoms with Gasteiger partial charge in [0.15, 0.2) is 5.82 Å². The number of amides is 1. The number of nitrogens with one attached hydrogen (secondary N) is 1. The van der Waals surface area contributed by atoms with Crippen LogP contribution in [0.1, 0.15) is 6.92 Å². The minimum atomic E-state index is -4.79. The Kier molecular flexibility index (Phi) is 4.97. The van der Waals surface area contributed by atoms with Crippen molar-refractivity contribution in [1.29, 1.82) is 0 Å². The zero-order chi connectivity index (χ0) is 22.2. The lowest BCUT2D eigenvalue weighted by atomic mass is 10.0. The summed E-state index contributed by atoms with van der Waals surface area (Å²) >= 11 is 0. The van der Waals surface area contributed by atoms with Gasteiger partial charge in [-0.1, -0.05) is 12.1 Å². The largest absolute Gasteiger partial charge is 0.573 e. The predicted octanol–water partition coefficient (Wildman–Crippen LogP) is 4.50. The molecule has 0 radical (unpaired) electrons. The van der Waals surface area contributed by atoms with Gasteiger partial charge < -0.3 is 20.2 Å². The van der Waals surface area contributed by atoms with Gasteiger partial charge in [-0.2, -0.15) is 0 Å². The summed E-state index contributed by atoms with van der Waals surface area (Å²) in [4.78, 5) is 19.7. The van der Waals surface area contributed by atoms with E-state index < -0.39 is 6.36 Å². The second kappa shape index (κ2) is 7.63. The molecule has 1 amide bonds. The molecule has 0 saturated carbocycles. The van der Waals surface area contributed by atoms with Crippen molar-refractivity contribution < 1.29 is 22.7 Å². The van der Waals surface area contributed by atoms with E-state index in [0.29, 0.717) is 28.2 Å². The Morgan fingerprint density at radius 1 is 1.10 bits per heavy atom. The van der Waals surface area contributed by atoms with Gasteiger partial charge >= 0.3 is 6.36 Å². The molecule has 0 aliphatic rings. The topological polar surface area (TPSA) is 94.5 Å². The van der Waals surface area contributed by atoms with E-state index in [-0.39, 0.29) is 17.5 Å². The number of pyridine rings is 2. The summed E-state index contributed by atoms with van der Waals surface area (Å²) in [6, 6.07) is 10.9. The van der Waals surface area contributed by atoms with Crippen LogP contribution in [0.15, 0.2) is 61.1 Å². The maximum atomic E-state index is 12.5. The van der Waals surface area contributed by atoms with Crippen LogP contribution in [0, 0.1) is 0 Å². The molecule has 0 unspecified atom stereocenters. The maximum Gasteiger partial charge on any atom is 0.573 e. The zero-order valence-corrected chi connectivity index (χ0v) is 16.1. The molecule has 3 heterocycles. The van der Waals surface area contributed by atoms with E-state index in [9.17, 15) is 18.0 Å². The lowest BCUT2D eigenvalue weighted by Gasteiger charge is -2.12. The third-order valence-corrected chi connectivity index (χ3v) is 4.39. The molecule has 0 saturated heterocycles. The van der Waals surface area contributed by atoms with E-state index in [0.717, 1.165) is 5.56 Å². The van der Waals surface area contributed by atoms with Crippen LogP contribution in [0.4, 0.5) is 24.8 Å². The van der Waals surface area contributed by atoms with Crippen LogP contribution in [0.2, 0.25) is 0 Å². The number of benzene rings is 1. The molecule has 3 N–H and O–H groups in total. The van der Waals surface area contributed by atoms with Crippen molar-refractivity contribution in [2.45, 2.75) is 13.3 Å². The summed E-state index contributed by atoms with van der Waals surface area (Å²) in [7, 11) is 0. The number of nitrogens with two attached hydrogens (primary N) is 1. The molecule has 0 atom stereocenters. The number of ether oxygens (including phenoxy) is 1. The van der Waals surface area contributed by atoms with E-state index in [4.69, 9.17) is 5.73 Å². The van der Waals surface area contributed by atoms with Crippen LogP contribution in [0.3, 0.4) is 0 Å². The van der Waals surface area contributed by atoms with Gasteiger partial charge in [0, 0.05) is 36.0 Å². The van der Waals surface area contributed by atoms with Crippen LogP contribution in [-0.2, 0) is 4.79 Å². The molecule has 0 aliphatic heterocycles. The van der Waals surface area contributed by atoms with Crippen molar-refractivity contribution in [1.82, 2.24) is 14.4 Å². The normalized spacial score (nSPS) is 11.5. The molecule has 158 valence electrons. The highest BCUT2D eigenvalue weighted by molar-refractivity contribution is 5.88. The molecule has 0 aliphatic carbocycles. The summed E-state index contributed by atoms with van der Waals surface area (Å²) in [5.41, 5.74) is 8.99. The highest BCUT2D eigenvalue weighted by Gasteiger charge is 2.31. The molecule has 10 heteroatoms. The number of imidazole rings is 1. The van der Waals surface area contributed by atoms with Crippen LogP contribution in [0.25, 0.3) is 27.9 Å². The van der Waals surface area contributed by atoms with Gasteiger partial charge in [-0.05, 0) is 35.9 Å². The van der Waals surface area contributed by atoms with E-state index in [2.05, 4.69) is 20.0 Å². The van der Waals surface area contributed by atoms with Crippen LogP contribution >= 0.6 is 0 Å². The molecule has 0 bridgehead atoms. The Labute approximate surface area is 174 Å². The number of carbonyl (C=O) groups is 1. The summed E-state index contributed by atoms with van der Waals surface area (Å²) < 4.78 is 43.4. The number of nitrogens with zero attached hydrogens (tertiary/aromatic N) is 3. The molecular formula is C21H16F3N5O2. The van der Waals surface area contributed by atoms with Gasteiger partial charge in [-0.3, -0.25) is 4.79 Å². The lowest BCUT2D eigenvalue weighted by molar-refractivity contribution is -0.274. The fraction of sp³-hybridized carbons (Fsp3) is 0.0952. The first kappa shape index (κ1) is 20.2. The van der Waals surface area contributed by atoms with Gasteiger partial charge in [-0.15, -0.1) is 13.2 Å². The number of hydrogen-bond acceptors (Lipinski definition) is 5. The van der Waals surface area contributed by atoms with Crippen molar-refractivity contribution in [3.8, 4) is 28.0 Å². The third kappa shape index (κ3) is 4.58. The quantitative estimate of drug-likeness (QED) is 0.500. The number of halogens is 3. The second-order valence-electron chi connectivity index (χ2n) is 6.72. The fourth-order valence-corrected chi connectivity index (χ4v) is 3.13. The fourth-order valence-electron chi connectivity index (χ4n) is 3.13. The molecule has 0 fully saturated rings. The Hall–Kier alpha value is -4.08. The Balaban J connectivity index is 1.71. The number of aromatic nitrogens is 3. The average molecular weight is 427 g/mol. The van der Waals surface area contributed by atoms with Gasteiger partial charge in [0.2, 0.25) is 5.91 Å². The lowest BCUT2D eigenvalue weighted by Crippen LogP contribution is -2.17. The van der Waals surface area contributed by atoms with Crippen LogP contribution in [-0.4, -0.2) is 26.6 Å². The molecule has 1 aromatic carbocycles. The zero-order valence-electron chi connectivity index (χ0n) is 16.1. The summed E-state index contributed by atoms with van der Waals surface area (Å²) in [6.07, 6.45) is 0.250. The Morgan fingerprint density at radius 3 is 2.65 bits per heavy atom. The Morgan fingerprint density at radius 2 is 1.90 bits per heavy atom. The van der Waals surface area contributed by atoms with Gasteiger partial charge in [0.1, 0.15) is 17.2 Å². The number of hydrogen-bond donors (Lipinski definition) is 2. The van der Waals surface area contributed by atoms with Crippen molar-refractivity contribution in [3.63, 3.8) is 0 Å².